The Kier molecular flexibility index (Phi) is 4.27. The molecule has 0 atom stereocenters. The molecular weight excluding hydrogens is 340 g/mol. The summed E-state index contributed by atoms with van der Waals surface area (Å²) < 4.78 is 5.32. The molecule has 4 aromatic rings. The van der Waals surface area contributed by atoms with Gasteiger partial charge in [0.2, 0.25) is 11.7 Å². The van der Waals surface area contributed by atoms with Crippen molar-refractivity contribution >= 4 is 34.1 Å². The number of aryl methyl sites for hydroxylation is 1. The highest BCUT2D eigenvalue weighted by Gasteiger charge is 2.10. The Morgan fingerprint density at radius 3 is 2.62 bits per heavy atom. The van der Waals surface area contributed by atoms with Crippen LogP contribution in [0.3, 0.4) is 0 Å². The zero-order valence-corrected chi connectivity index (χ0v) is 14.6. The Morgan fingerprint density at radius 2 is 1.83 bits per heavy atom. The fourth-order valence-electron chi connectivity index (χ4n) is 2.32. The Morgan fingerprint density at radius 1 is 1.00 bits per heavy atom. The first kappa shape index (κ1) is 15.3. The highest BCUT2D eigenvalue weighted by Crippen LogP contribution is 2.24. The van der Waals surface area contributed by atoms with E-state index < -0.39 is 0 Å². The van der Waals surface area contributed by atoms with Crippen LogP contribution in [0.15, 0.2) is 46.3 Å². The minimum absolute atomic E-state index is 0.634. The molecule has 0 bridgehead atoms. The molecule has 0 aliphatic rings. The van der Waals surface area contributed by atoms with E-state index in [1.54, 1.807) is 23.1 Å². The lowest BCUT2D eigenvalue weighted by Gasteiger charge is -2.05. The maximum atomic E-state index is 5.32. The summed E-state index contributed by atoms with van der Waals surface area (Å²) in [6, 6.07) is 11.9. The maximum absolute atomic E-state index is 5.32. The maximum Gasteiger partial charge on any atom is 0.236 e. The van der Waals surface area contributed by atoms with Gasteiger partial charge in [-0.15, -0.1) is 23.1 Å². The fourth-order valence-corrected chi connectivity index (χ4v) is 3.83. The number of rotatable bonds is 5. The first-order chi connectivity index (χ1) is 11.8. The van der Waals surface area contributed by atoms with Crippen LogP contribution in [0.1, 0.15) is 17.3 Å². The Bertz CT molecular complexity index is 966. The number of hydrogen-bond acceptors (Lipinski definition) is 7. The first-order valence-corrected chi connectivity index (χ1v) is 9.49. The van der Waals surface area contributed by atoms with Gasteiger partial charge in [0.1, 0.15) is 0 Å². The molecule has 5 nitrogen and oxygen atoms in total. The van der Waals surface area contributed by atoms with Crippen LogP contribution in [-0.4, -0.2) is 20.1 Å². The molecule has 0 amide bonds. The Hall–Kier alpha value is -2.25. The molecule has 7 heteroatoms. The molecule has 0 radical (unpaired) electrons. The molecule has 0 aliphatic heterocycles. The number of thiophene rings is 1. The highest BCUT2D eigenvalue weighted by atomic mass is 32.2. The van der Waals surface area contributed by atoms with Crippen LogP contribution in [0.4, 0.5) is 0 Å². The van der Waals surface area contributed by atoms with Crippen molar-refractivity contribution in [1.82, 2.24) is 20.1 Å². The predicted octanol–water partition coefficient (Wildman–Crippen LogP) is 4.48. The van der Waals surface area contributed by atoms with Crippen molar-refractivity contribution in [2.75, 3.05) is 0 Å². The molecule has 3 aromatic heterocycles. The van der Waals surface area contributed by atoms with Gasteiger partial charge in [0.25, 0.3) is 0 Å². The third-order valence-corrected chi connectivity index (χ3v) is 5.31. The minimum Gasteiger partial charge on any atom is -0.338 e. The van der Waals surface area contributed by atoms with E-state index in [4.69, 9.17) is 9.51 Å². The minimum atomic E-state index is 0.634. The third-order valence-electron chi connectivity index (χ3n) is 3.52. The molecule has 0 unspecified atom stereocenters. The van der Waals surface area contributed by atoms with Gasteiger partial charge in [-0.25, -0.2) is 9.97 Å². The smallest absolute Gasteiger partial charge is 0.236 e. The number of aromatic nitrogens is 4. The predicted molar refractivity (Wildman–Crippen MR) is 96.9 cm³/mol. The zero-order valence-electron chi connectivity index (χ0n) is 13.0. The van der Waals surface area contributed by atoms with E-state index in [9.17, 15) is 0 Å². The van der Waals surface area contributed by atoms with Gasteiger partial charge in [0.05, 0.1) is 33.1 Å². The SMILES string of the molecule is Cc1nc2ccccc2nc1CSCc1nc(-c2cccs2)no1. The molecule has 0 N–H and O–H groups in total. The average molecular weight is 354 g/mol. The topological polar surface area (TPSA) is 64.7 Å². The lowest BCUT2D eigenvalue weighted by molar-refractivity contribution is 0.392. The van der Waals surface area contributed by atoms with Crippen molar-refractivity contribution in [2.24, 2.45) is 0 Å². The van der Waals surface area contributed by atoms with Gasteiger partial charge in [0.15, 0.2) is 0 Å². The van der Waals surface area contributed by atoms with Crippen molar-refractivity contribution in [3.8, 4) is 10.7 Å². The summed E-state index contributed by atoms with van der Waals surface area (Å²) >= 11 is 3.30. The zero-order chi connectivity index (χ0) is 16.4. The van der Waals surface area contributed by atoms with Gasteiger partial charge in [-0.1, -0.05) is 23.4 Å². The quantitative estimate of drug-likeness (QED) is 0.526. The van der Waals surface area contributed by atoms with Gasteiger partial charge >= 0.3 is 0 Å². The Labute approximate surface area is 147 Å². The molecular formula is C17H14N4OS2. The number of fused-ring (bicyclic) bond motifs is 1. The Balaban J connectivity index is 1.43. The van der Waals surface area contributed by atoms with Gasteiger partial charge in [-0.2, -0.15) is 4.98 Å². The fraction of sp³-hybridized carbons (Fsp3) is 0.176. The molecule has 3 heterocycles. The molecule has 0 aliphatic carbocycles. The van der Waals surface area contributed by atoms with E-state index in [0.717, 1.165) is 33.1 Å². The number of benzene rings is 1. The summed E-state index contributed by atoms with van der Waals surface area (Å²) in [5, 5.41) is 6.03. The lowest BCUT2D eigenvalue weighted by atomic mass is 10.2. The number of nitrogens with zero attached hydrogens (tertiary/aromatic N) is 4. The summed E-state index contributed by atoms with van der Waals surface area (Å²) in [6.45, 7) is 2.00. The molecule has 0 saturated carbocycles. The molecule has 0 fully saturated rings. The van der Waals surface area contributed by atoms with E-state index in [2.05, 4.69) is 15.1 Å². The van der Waals surface area contributed by atoms with Crippen molar-refractivity contribution < 1.29 is 4.52 Å². The first-order valence-electron chi connectivity index (χ1n) is 7.46. The summed E-state index contributed by atoms with van der Waals surface area (Å²) in [4.78, 5) is 14.8. The van der Waals surface area contributed by atoms with Crippen LogP contribution in [0.5, 0.6) is 0 Å². The molecule has 0 saturated heterocycles. The van der Waals surface area contributed by atoms with Gasteiger partial charge in [-0.05, 0) is 30.5 Å². The van der Waals surface area contributed by atoms with Gasteiger partial charge in [0, 0.05) is 5.75 Å². The average Bonchev–Trinajstić information content (AvgIpc) is 3.26. The lowest BCUT2D eigenvalue weighted by Crippen LogP contribution is -1.97. The van der Waals surface area contributed by atoms with E-state index in [-0.39, 0.29) is 0 Å². The summed E-state index contributed by atoms with van der Waals surface area (Å²) in [5.74, 6) is 2.71. The van der Waals surface area contributed by atoms with Crippen LogP contribution in [0, 0.1) is 6.92 Å². The van der Waals surface area contributed by atoms with Crippen LogP contribution < -0.4 is 0 Å². The summed E-state index contributed by atoms with van der Waals surface area (Å²) in [6.07, 6.45) is 0. The van der Waals surface area contributed by atoms with Crippen molar-refractivity contribution in [1.29, 1.82) is 0 Å². The van der Waals surface area contributed by atoms with Crippen molar-refractivity contribution in [2.45, 2.75) is 18.4 Å². The molecule has 4 rings (SSSR count). The van der Waals surface area contributed by atoms with E-state index in [0.29, 0.717) is 17.5 Å². The molecule has 120 valence electrons. The molecule has 24 heavy (non-hydrogen) atoms. The summed E-state index contributed by atoms with van der Waals surface area (Å²) in [7, 11) is 0. The number of thioether (sulfide) groups is 1. The highest BCUT2D eigenvalue weighted by molar-refractivity contribution is 7.97. The largest absolute Gasteiger partial charge is 0.338 e. The molecule has 0 spiro atoms. The van der Waals surface area contributed by atoms with Crippen molar-refractivity contribution in [3.05, 3.63) is 59.1 Å². The third kappa shape index (κ3) is 3.18. The normalized spacial score (nSPS) is 11.2. The van der Waals surface area contributed by atoms with E-state index >= 15 is 0 Å². The van der Waals surface area contributed by atoms with Gasteiger partial charge in [-0.3, -0.25) is 0 Å². The number of para-hydroxylation sites is 2. The summed E-state index contributed by atoms with van der Waals surface area (Å²) in [5.41, 5.74) is 3.82. The van der Waals surface area contributed by atoms with Crippen molar-refractivity contribution in [3.63, 3.8) is 0 Å². The number of hydrogen-bond donors (Lipinski definition) is 0. The second kappa shape index (κ2) is 6.70. The monoisotopic (exact) mass is 354 g/mol. The van der Waals surface area contributed by atoms with E-state index in [1.165, 1.54) is 0 Å². The second-order valence-electron chi connectivity index (χ2n) is 5.23. The standard InChI is InChI=1S/C17H14N4OS2/c1-11-14(19-13-6-3-2-5-12(13)18-11)9-23-10-16-20-17(21-22-16)15-7-4-8-24-15/h2-8H,9-10H2,1H3. The van der Waals surface area contributed by atoms with E-state index in [1.807, 2.05) is 48.7 Å². The molecule has 1 aromatic carbocycles. The van der Waals surface area contributed by atoms with Gasteiger partial charge < -0.3 is 4.52 Å². The van der Waals surface area contributed by atoms with Crippen LogP contribution in [0.25, 0.3) is 21.7 Å². The van der Waals surface area contributed by atoms with Crippen LogP contribution in [0.2, 0.25) is 0 Å². The van der Waals surface area contributed by atoms with Crippen LogP contribution in [-0.2, 0) is 11.5 Å². The second-order valence-corrected chi connectivity index (χ2v) is 7.16. The van der Waals surface area contributed by atoms with Crippen LogP contribution >= 0.6 is 23.1 Å².